The first-order chi connectivity index (χ1) is 9.13. The van der Waals surface area contributed by atoms with E-state index in [2.05, 4.69) is 4.90 Å². The molecule has 4 heteroatoms. The largest absolute Gasteiger partial charge is 0.381 e. The molecule has 1 aromatic carbocycles. The molecule has 1 atom stereocenters. The highest BCUT2D eigenvalue weighted by Crippen LogP contribution is 2.27. The molecule has 0 spiro atoms. The van der Waals surface area contributed by atoms with Gasteiger partial charge >= 0.3 is 0 Å². The van der Waals surface area contributed by atoms with Crippen molar-refractivity contribution in [3.05, 3.63) is 35.1 Å². The van der Waals surface area contributed by atoms with Crippen molar-refractivity contribution in [3.63, 3.8) is 0 Å². The minimum atomic E-state index is -0.167. The third-order valence-electron chi connectivity index (χ3n) is 3.99. The van der Waals surface area contributed by atoms with Gasteiger partial charge in [0.1, 0.15) is 5.82 Å². The molecule has 0 saturated carbocycles. The summed E-state index contributed by atoms with van der Waals surface area (Å²) in [4.78, 5) is 2.21. The predicted molar refractivity (Wildman–Crippen MR) is 74.5 cm³/mol. The van der Waals surface area contributed by atoms with Crippen molar-refractivity contribution in [2.24, 2.45) is 5.73 Å². The van der Waals surface area contributed by atoms with Crippen LogP contribution in [0.15, 0.2) is 18.2 Å². The number of halogens is 1. The quantitative estimate of drug-likeness (QED) is 0.908. The number of rotatable bonds is 4. The van der Waals surface area contributed by atoms with Crippen molar-refractivity contribution in [2.45, 2.75) is 31.8 Å². The third-order valence-corrected chi connectivity index (χ3v) is 3.99. The van der Waals surface area contributed by atoms with E-state index in [9.17, 15) is 4.39 Å². The van der Waals surface area contributed by atoms with Crippen molar-refractivity contribution in [2.75, 3.05) is 26.8 Å². The molecular weight excluding hydrogens is 243 g/mol. The Kier molecular flexibility index (Phi) is 4.91. The van der Waals surface area contributed by atoms with Crippen LogP contribution in [0.2, 0.25) is 0 Å². The number of aryl methyl sites for hydroxylation is 1. The zero-order chi connectivity index (χ0) is 13.8. The normalized spacial score (nSPS) is 18.8. The highest BCUT2D eigenvalue weighted by molar-refractivity contribution is 5.27. The summed E-state index contributed by atoms with van der Waals surface area (Å²) in [6, 6.07) is 5.58. The Bertz CT molecular complexity index is 419. The molecule has 0 radical (unpaired) electrons. The molecule has 1 aliphatic rings. The summed E-state index contributed by atoms with van der Waals surface area (Å²) in [6.45, 7) is 3.96. The molecule has 1 unspecified atom stereocenters. The second-order valence-corrected chi connectivity index (χ2v) is 5.29. The van der Waals surface area contributed by atoms with Crippen LogP contribution in [0.1, 0.15) is 30.0 Å². The summed E-state index contributed by atoms with van der Waals surface area (Å²) in [6.07, 6.45) is 1.97. The molecular formula is C15H23FN2O. The Morgan fingerprint density at radius 2 is 2.11 bits per heavy atom. The molecule has 19 heavy (non-hydrogen) atoms. The van der Waals surface area contributed by atoms with E-state index < -0.39 is 0 Å². The summed E-state index contributed by atoms with van der Waals surface area (Å²) in [5.41, 5.74) is 7.66. The molecule has 1 heterocycles. The lowest BCUT2D eigenvalue weighted by atomic mass is 9.98. The van der Waals surface area contributed by atoms with Crippen LogP contribution >= 0.6 is 0 Å². The molecule has 3 nitrogen and oxygen atoms in total. The number of nitrogens with zero attached hydrogens (tertiary/aromatic N) is 1. The number of hydrogen-bond donors (Lipinski definition) is 1. The first-order valence-corrected chi connectivity index (χ1v) is 6.89. The maximum absolute atomic E-state index is 14.0. The topological polar surface area (TPSA) is 38.5 Å². The molecule has 1 aromatic rings. The van der Waals surface area contributed by atoms with Gasteiger partial charge in [-0.15, -0.1) is 0 Å². The van der Waals surface area contributed by atoms with Crippen LogP contribution in [0.5, 0.6) is 0 Å². The maximum atomic E-state index is 14.0. The molecule has 1 aliphatic heterocycles. The average molecular weight is 266 g/mol. The van der Waals surface area contributed by atoms with Gasteiger partial charge in [-0.1, -0.05) is 17.7 Å². The van der Waals surface area contributed by atoms with E-state index in [4.69, 9.17) is 10.5 Å². The standard InChI is InChI=1S/C15H23FN2O/c1-11-3-4-14(16)13(9-11)15(10-17)18(2)12-5-7-19-8-6-12/h3-4,9,12,15H,5-8,10,17H2,1-2H3. The minimum Gasteiger partial charge on any atom is -0.381 e. The lowest BCUT2D eigenvalue weighted by molar-refractivity contribution is 0.0289. The summed E-state index contributed by atoms with van der Waals surface area (Å²) >= 11 is 0. The van der Waals surface area contributed by atoms with Crippen LogP contribution in [-0.2, 0) is 4.74 Å². The van der Waals surface area contributed by atoms with Crippen LogP contribution in [0.4, 0.5) is 4.39 Å². The summed E-state index contributed by atoms with van der Waals surface area (Å²) < 4.78 is 19.4. The summed E-state index contributed by atoms with van der Waals surface area (Å²) in [5.74, 6) is -0.167. The van der Waals surface area contributed by atoms with Gasteiger partial charge in [0.25, 0.3) is 0 Å². The lowest BCUT2D eigenvalue weighted by Crippen LogP contribution is -2.42. The first-order valence-electron chi connectivity index (χ1n) is 6.89. The minimum absolute atomic E-state index is 0.0667. The van der Waals surface area contributed by atoms with Crippen molar-refractivity contribution in [1.29, 1.82) is 0 Å². The Balaban J connectivity index is 2.20. The fraction of sp³-hybridized carbons (Fsp3) is 0.600. The lowest BCUT2D eigenvalue weighted by Gasteiger charge is -2.37. The molecule has 0 amide bonds. The van der Waals surface area contributed by atoms with Gasteiger partial charge in [-0.3, -0.25) is 4.90 Å². The summed E-state index contributed by atoms with van der Waals surface area (Å²) in [5, 5.41) is 0. The van der Waals surface area contributed by atoms with Gasteiger partial charge in [0, 0.05) is 37.4 Å². The van der Waals surface area contributed by atoms with E-state index in [1.165, 1.54) is 6.07 Å². The molecule has 1 fully saturated rings. The van der Waals surface area contributed by atoms with Crippen molar-refractivity contribution >= 4 is 0 Å². The fourth-order valence-corrected chi connectivity index (χ4v) is 2.78. The van der Waals surface area contributed by atoms with E-state index in [1.807, 2.05) is 20.0 Å². The van der Waals surface area contributed by atoms with Gasteiger partial charge < -0.3 is 10.5 Å². The van der Waals surface area contributed by atoms with Crippen LogP contribution in [0.3, 0.4) is 0 Å². The molecule has 0 aliphatic carbocycles. The zero-order valence-electron chi connectivity index (χ0n) is 11.7. The van der Waals surface area contributed by atoms with Gasteiger partial charge in [-0.25, -0.2) is 4.39 Å². The first kappa shape index (κ1) is 14.4. The van der Waals surface area contributed by atoms with Crippen molar-refractivity contribution in [3.8, 4) is 0 Å². The Morgan fingerprint density at radius 3 is 2.74 bits per heavy atom. The average Bonchev–Trinajstić information content (AvgIpc) is 2.44. The predicted octanol–water partition coefficient (Wildman–Crippen LogP) is 2.24. The van der Waals surface area contributed by atoms with Crippen LogP contribution in [0, 0.1) is 12.7 Å². The maximum Gasteiger partial charge on any atom is 0.128 e. The Labute approximate surface area is 114 Å². The van der Waals surface area contributed by atoms with Crippen LogP contribution in [0.25, 0.3) is 0 Å². The third kappa shape index (κ3) is 3.32. The molecule has 2 N–H and O–H groups in total. The van der Waals surface area contributed by atoms with Crippen LogP contribution < -0.4 is 5.73 Å². The SMILES string of the molecule is Cc1ccc(F)c(C(CN)N(C)C2CCOCC2)c1. The van der Waals surface area contributed by atoms with E-state index in [-0.39, 0.29) is 11.9 Å². The monoisotopic (exact) mass is 266 g/mol. The number of nitrogens with two attached hydrogens (primary N) is 1. The van der Waals surface area contributed by atoms with Gasteiger partial charge in [0.05, 0.1) is 0 Å². The number of likely N-dealkylation sites (N-methyl/N-ethyl adjacent to an activating group) is 1. The highest BCUT2D eigenvalue weighted by Gasteiger charge is 2.26. The van der Waals surface area contributed by atoms with E-state index in [0.717, 1.165) is 31.6 Å². The molecule has 0 aromatic heterocycles. The van der Waals surface area contributed by atoms with Gasteiger partial charge in [-0.05, 0) is 32.9 Å². The van der Waals surface area contributed by atoms with E-state index in [1.54, 1.807) is 6.07 Å². The number of ether oxygens (including phenoxy) is 1. The van der Waals surface area contributed by atoms with Crippen molar-refractivity contribution in [1.82, 2.24) is 4.90 Å². The molecule has 2 rings (SSSR count). The van der Waals surface area contributed by atoms with E-state index >= 15 is 0 Å². The second-order valence-electron chi connectivity index (χ2n) is 5.29. The summed E-state index contributed by atoms with van der Waals surface area (Å²) in [7, 11) is 2.04. The Morgan fingerprint density at radius 1 is 1.42 bits per heavy atom. The number of benzene rings is 1. The smallest absolute Gasteiger partial charge is 0.128 e. The van der Waals surface area contributed by atoms with Crippen LogP contribution in [-0.4, -0.2) is 37.7 Å². The number of hydrogen-bond acceptors (Lipinski definition) is 3. The molecule has 0 bridgehead atoms. The fourth-order valence-electron chi connectivity index (χ4n) is 2.78. The van der Waals surface area contributed by atoms with Gasteiger partial charge in [0.15, 0.2) is 0 Å². The van der Waals surface area contributed by atoms with Gasteiger partial charge in [0.2, 0.25) is 0 Å². The van der Waals surface area contributed by atoms with Gasteiger partial charge in [-0.2, -0.15) is 0 Å². The van der Waals surface area contributed by atoms with E-state index in [0.29, 0.717) is 18.2 Å². The Hall–Kier alpha value is -0.970. The van der Waals surface area contributed by atoms with Crippen molar-refractivity contribution < 1.29 is 9.13 Å². The molecule has 1 saturated heterocycles. The molecule has 106 valence electrons. The zero-order valence-corrected chi connectivity index (χ0v) is 11.7. The highest BCUT2D eigenvalue weighted by atomic mass is 19.1. The second kappa shape index (κ2) is 6.46.